The number of nitrogens with two attached hydrogens (primary N) is 1. The SMILES string of the molecule is C=C(/C=C(\C=C(/C)c1ccc(-c2ccc(N)cc2)cc1)c1ccc(-c2ccccc2)cc1)c1cccc(C)c1. The van der Waals surface area contributed by atoms with Crippen LogP contribution in [0.3, 0.4) is 0 Å². The fourth-order valence-electron chi connectivity index (χ4n) is 4.73. The van der Waals surface area contributed by atoms with Crippen molar-refractivity contribution < 1.29 is 0 Å². The Morgan fingerprint density at radius 1 is 0.564 bits per heavy atom. The van der Waals surface area contributed by atoms with Crippen LogP contribution in [0.4, 0.5) is 5.69 Å². The van der Waals surface area contributed by atoms with Gasteiger partial charge in [-0.3, -0.25) is 0 Å². The van der Waals surface area contributed by atoms with Gasteiger partial charge in [-0.05, 0) is 87.7 Å². The predicted molar refractivity (Wildman–Crippen MR) is 170 cm³/mol. The van der Waals surface area contributed by atoms with Crippen molar-refractivity contribution in [2.45, 2.75) is 13.8 Å². The molecule has 2 N–H and O–H groups in total. The van der Waals surface area contributed by atoms with Crippen LogP contribution in [0.5, 0.6) is 0 Å². The Morgan fingerprint density at radius 2 is 1.10 bits per heavy atom. The number of nitrogen functional groups attached to an aromatic ring is 1. The first-order valence-electron chi connectivity index (χ1n) is 13.2. The van der Waals surface area contributed by atoms with Crippen LogP contribution in [0.1, 0.15) is 29.2 Å². The van der Waals surface area contributed by atoms with Crippen LogP contribution >= 0.6 is 0 Å². The van der Waals surface area contributed by atoms with Crippen LogP contribution in [0, 0.1) is 6.92 Å². The molecule has 190 valence electrons. The quantitative estimate of drug-likeness (QED) is 0.173. The average molecular weight is 504 g/mol. The summed E-state index contributed by atoms with van der Waals surface area (Å²) in [5.41, 5.74) is 19.4. The van der Waals surface area contributed by atoms with E-state index in [4.69, 9.17) is 5.73 Å². The second-order valence-corrected chi connectivity index (χ2v) is 9.96. The molecule has 0 aromatic heterocycles. The lowest BCUT2D eigenvalue weighted by Gasteiger charge is -2.11. The van der Waals surface area contributed by atoms with Crippen molar-refractivity contribution in [3.63, 3.8) is 0 Å². The van der Waals surface area contributed by atoms with Gasteiger partial charge < -0.3 is 5.73 Å². The van der Waals surface area contributed by atoms with Crippen LogP contribution in [0.2, 0.25) is 0 Å². The van der Waals surface area contributed by atoms with E-state index in [-0.39, 0.29) is 0 Å². The van der Waals surface area contributed by atoms with E-state index < -0.39 is 0 Å². The molecule has 0 saturated carbocycles. The van der Waals surface area contributed by atoms with Gasteiger partial charge in [-0.1, -0.05) is 133 Å². The van der Waals surface area contributed by atoms with Gasteiger partial charge in [0.2, 0.25) is 0 Å². The molecule has 0 amide bonds. The second-order valence-electron chi connectivity index (χ2n) is 9.96. The molecule has 1 nitrogen and oxygen atoms in total. The maximum absolute atomic E-state index is 5.86. The summed E-state index contributed by atoms with van der Waals surface area (Å²) in [6.45, 7) is 8.69. The molecule has 0 aliphatic heterocycles. The smallest absolute Gasteiger partial charge is 0.0314 e. The van der Waals surface area contributed by atoms with Gasteiger partial charge in [-0.25, -0.2) is 0 Å². The lowest BCUT2D eigenvalue weighted by atomic mass is 9.94. The van der Waals surface area contributed by atoms with E-state index in [1.807, 2.05) is 18.2 Å². The first-order valence-corrected chi connectivity index (χ1v) is 13.2. The van der Waals surface area contributed by atoms with Crippen molar-refractivity contribution in [1.82, 2.24) is 0 Å². The molecule has 0 atom stereocenters. The minimum atomic E-state index is 0.775. The lowest BCUT2D eigenvalue weighted by molar-refractivity contribution is 1.45. The number of anilines is 1. The van der Waals surface area contributed by atoms with Crippen molar-refractivity contribution in [3.05, 3.63) is 168 Å². The second kappa shape index (κ2) is 11.7. The van der Waals surface area contributed by atoms with Crippen LogP contribution in [0.15, 0.2) is 146 Å². The van der Waals surface area contributed by atoms with Crippen molar-refractivity contribution in [2.24, 2.45) is 0 Å². The van der Waals surface area contributed by atoms with Gasteiger partial charge >= 0.3 is 0 Å². The summed E-state index contributed by atoms with van der Waals surface area (Å²) in [5, 5.41) is 0. The Kier molecular flexibility index (Phi) is 7.70. The highest BCUT2D eigenvalue weighted by molar-refractivity contribution is 5.91. The van der Waals surface area contributed by atoms with Gasteiger partial charge in [0.25, 0.3) is 0 Å². The molecule has 5 aromatic rings. The van der Waals surface area contributed by atoms with E-state index in [1.165, 1.54) is 33.4 Å². The van der Waals surface area contributed by atoms with Gasteiger partial charge in [0.1, 0.15) is 0 Å². The third kappa shape index (κ3) is 6.34. The van der Waals surface area contributed by atoms with Crippen LogP contribution < -0.4 is 5.73 Å². The van der Waals surface area contributed by atoms with Crippen molar-refractivity contribution in [2.75, 3.05) is 5.73 Å². The van der Waals surface area contributed by atoms with Gasteiger partial charge in [0.15, 0.2) is 0 Å². The van der Waals surface area contributed by atoms with Crippen LogP contribution in [-0.4, -0.2) is 0 Å². The molecule has 0 saturated heterocycles. The zero-order valence-electron chi connectivity index (χ0n) is 22.6. The standard InChI is InChI=1S/C38H33N/c1-27-8-7-11-36(24-27)29(3)26-37(35-18-16-32(17-19-35)31-9-5-4-6-10-31)25-28(2)30-12-14-33(15-13-30)34-20-22-38(39)23-21-34/h4-26H,3,39H2,1-2H3/b28-25+,37-26+. The summed E-state index contributed by atoms with van der Waals surface area (Å²) in [5.74, 6) is 0. The summed E-state index contributed by atoms with van der Waals surface area (Å²) < 4.78 is 0. The normalized spacial score (nSPS) is 11.8. The van der Waals surface area contributed by atoms with Gasteiger partial charge in [-0.15, -0.1) is 0 Å². The summed E-state index contributed by atoms with van der Waals surface area (Å²) in [6, 6.07) is 44.5. The van der Waals surface area contributed by atoms with Crippen LogP contribution in [-0.2, 0) is 0 Å². The molecule has 39 heavy (non-hydrogen) atoms. The zero-order chi connectivity index (χ0) is 27.2. The molecule has 0 aliphatic carbocycles. The molecule has 5 aromatic carbocycles. The fourth-order valence-corrected chi connectivity index (χ4v) is 4.73. The van der Waals surface area contributed by atoms with Crippen LogP contribution in [0.25, 0.3) is 39.0 Å². The third-order valence-corrected chi connectivity index (χ3v) is 7.00. The van der Waals surface area contributed by atoms with E-state index in [1.54, 1.807) is 0 Å². The molecule has 0 heterocycles. The zero-order valence-corrected chi connectivity index (χ0v) is 22.6. The lowest BCUT2D eigenvalue weighted by Crippen LogP contribution is -1.88. The average Bonchev–Trinajstić information content (AvgIpc) is 2.98. The highest BCUT2D eigenvalue weighted by atomic mass is 14.5. The van der Waals surface area contributed by atoms with E-state index in [0.717, 1.165) is 33.5 Å². The highest BCUT2D eigenvalue weighted by Gasteiger charge is 2.07. The highest BCUT2D eigenvalue weighted by Crippen LogP contribution is 2.30. The Balaban J connectivity index is 1.49. The minimum Gasteiger partial charge on any atom is -0.399 e. The van der Waals surface area contributed by atoms with E-state index >= 15 is 0 Å². The molecule has 0 bridgehead atoms. The third-order valence-electron chi connectivity index (χ3n) is 7.00. The molecule has 0 unspecified atom stereocenters. The van der Waals surface area contributed by atoms with Crippen molar-refractivity contribution >= 4 is 22.4 Å². The van der Waals surface area contributed by atoms with Gasteiger partial charge in [0, 0.05) is 5.69 Å². The topological polar surface area (TPSA) is 26.0 Å². The number of aryl methyl sites for hydroxylation is 1. The number of allylic oxidation sites excluding steroid dienone is 5. The largest absolute Gasteiger partial charge is 0.399 e. The molecular weight excluding hydrogens is 470 g/mol. The Morgan fingerprint density at radius 3 is 1.69 bits per heavy atom. The maximum Gasteiger partial charge on any atom is 0.0314 e. The summed E-state index contributed by atoms with van der Waals surface area (Å²) in [6.07, 6.45) is 4.45. The first-order chi connectivity index (χ1) is 19.0. The van der Waals surface area contributed by atoms with E-state index in [0.29, 0.717) is 0 Å². The molecule has 1 heteroatoms. The van der Waals surface area contributed by atoms with Gasteiger partial charge in [0.05, 0.1) is 0 Å². The number of rotatable bonds is 7. The van der Waals surface area contributed by atoms with Gasteiger partial charge in [-0.2, -0.15) is 0 Å². The molecule has 0 aliphatic rings. The Bertz CT molecular complexity index is 1630. The Labute approximate surface area is 232 Å². The monoisotopic (exact) mass is 503 g/mol. The van der Waals surface area contributed by atoms with E-state index in [9.17, 15) is 0 Å². The maximum atomic E-state index is 5.86. The molecule has 0 radical (unpaired) electrons. The molecule has 0 spiro atoms. The number of hydrogen-bond acceptors (Lipinski definition) is 1. The number of hydrogen-bond donors (Lipinski definition) is 1. The molecule has 5 rings (SSSR count). The predicted octanol–water partition coefficient (Wildman–Crippen LogP) is 10.1. The van der Waals surface area contributed by atoms with Crippen molar-refractivity contribution in [1.29, 1.82) is 0 Å². The van der Waals surface area contributed by atoms with Crippen molar-refractivity contribution in [3.8, 4) is 22.3 Å². The number of benzene rings is 5. The van der Waals surface area contributed by atoms with E-state index in [2.05, 4.69) is 142 Å². The summed E-state index contributed by atoms with van der Waals surface area (Å²) in [4.78, 5) is 0. The Hall–Kier alpha value is -4.88. The fraction of sp³-hybridized carbons (Fsp3) is 0.0526. The molecular formula is C38H33N. The summed E-state index contributed by atoms with van der Waals surface area (Å²) in [7, 11) is 0. The minimum absolute atomic E-state index is 0.775. The molecule has 0 fully saturated rings. The first kappa shape index (κ1) is 25.8. The summed E-state index contributed by atoms with van der Waals surface area (Å²) >= 11 is 0.